The summed E-state index contributed by atoms with van der Waals surface area (Å²) in [5.41, 5.74) is 0.375. The highest BCUT2D eigenvalue weighted by Crippen LogP contribution is 2.34. The first kappa shape index (κ1) is 22.8. The number of amides is 1. The molecule has 2 unspecified atom stereocenters. The molecule has 1 saturated heterocycles. The van der Waals surface area contributed by atoms with Gasteiger partial charge in [-0.1, -0.05) is 23.7 Å². The van der Waals surface area contributed by atoms with Crippen LogP contribution in [0, 0.1) is 17.0 Å². The summed E-state index contributed by atoms with van der Waals surface area (Å²) >= 11 is 5.76. The molecule has 1 aromatic heterocycles. The maximum atomic E-state index is 14.6. The number of carbonyl (C=O) groups is 1. The Balaban J connectivity index is 1.59. The van der Waals surface area contributed by atoms with Crippen LogP contribution in [0.5, 0.6) is 0 Å². The van der Waals surface area contributed by atoms with Gasteiger partial charge < -0.3 is 10.6 Å². The quantitative estimate of drug-likeness (QED) is 0.511. The predicted octanol–water partition coefficient (Wildman–Crippen LogP) is 4.04. The first-order valence-corrected chi connectivity index (χ1v) is 11.8. The second-order valence-corrected chi connectivity index (χ2v) is 9.99. The third kappa shape index (κ3) is 4.86. The molecule has 2 heterocycles. The number of amidine groups is 1. The molecule has 0 spiro atoms. The Morgan fingerprint density at radius 3 is 2.61 bits per heavy atom. The van der Waals surface area contributed by atoms with Crippen LogP contribution in [0.1, 0.15) is 32.9 Å². The zero-order valence-electron chi connectivity index (χ0n) is 16.8. The van der Waals surface area contributed by atoms with E-state index in [1.165, 1.54) is 48.7 Å². The van der Waals surface area contributed by atoms with E-state index in [1.54, 1.807) is 0 Å². The predicted molar refractivity (Wildman–Crippen MR) is 120 cm³/mol. The van der Waals surface area contributed by atoms with Gasteiger partial charge in [0, 0.05) is 17.4 Å². The highest BCUT2D eigenvalue weighted by Gasteiger charge is 2.40. The van der Waals surface area contributed by atoms with Gasteiger partial charge in [0.05, 0.1) is 16.8 Å². The van der Waals surface area contributed by atoms with E-state index >= 15 is 0 Å². The number of aromatic nitrogens is 1. The highest BCUT2D eigenvalue weighted by molar-refractivity contribution is 7.92. The van der Waals surface area contributed by atoms with Gasteiger partial charge in [-0.25, -0.2) is 22.2 Å². The maximum Gasteiger partial charge on any atom is 0.274 e. The van der Waals surface area contributed by atoms with Gasteiger partial charge in [0.15, 0.2) is 9.84 Å². The SMILES string of the molecule is N=C1NC(c2cc(NC(=O)c3ccc(Cl)cn3)ccc2F)CS(=O)(=O)C1c1cccc(F)c1. The molecule has 3 aromatic rings. The van der Waals surface area contributed by atoms with Crippen molar-refractivity contribution in [2.24, 2.45) is 0 Å². The standard InChI is InChI=1S/C22H17ClF2N4O3S/c23-13-4-7-18(27-10-13)22(30)28-15-5-6-17(25)16(9-15)19-11-33(31,32)20(21(26)29-19)12-2-1-3-14(24)8-12/h1-10,19-20H,11H2,(H2,26,29)(H,28,30). The van der Waals surface area contributed by atoms with Crippen LogP contribution >= 0.6 is 11.6 Å². The number of rotatable bonds is 4. The molecular formula is C22H17ClF2N4O3S. The monoisotopic (exact) mass is 490 g/mol. The van der Waals surface area contributed by atoms with Crippen LogP contribution in [-0.4, -0.2) is 30.9 Å². The van der Waals surface area contributed by atoms with Crippen molar-refractivity contribution >= 4 is 38.9 Å². The minimum Gasteiger partial charge on any atom is -0.365 e. The van der Waals surface area contributed by atoms with Crippen LogP contribution in [-0.2, 0) is 9.84 Å². The van der Waals surface area contributed by atoms with Crippen molar-refractivity contribution in [3.8, 4) is 0 Å². The van der Waals surface area contributed by atoms with Gasteiger partial charge in [0.1, 0.15) is 28.4 Å². The molecule has 0 bridgehead atoms. The van der Waals surface area contributed by atoms with Gasteiger partial charge in [-0.2, -0.15) is 0 Å². The Labute approximate surface area is 193 Å². The summed E-state index contributed by atoms with van der Waals surface area (Å²) in [5.74, 6) is -2.81. The topological polar surface area (TPSA) is 112 Å². The van der Waals surface area contributed by atoms with Gasteiger partial charge in [-0.05, 0) is 48.0 Å². The molecule has 0 aliphatic carbocycles. The largest absolute Gasteiger partial charge is 0.365 e. The van der Waals surface area contributed by atoms with Crippen LogP contribution in [0.15, 0.2) is 60.8 Å². The summed E-state index contributed by atoms with van der Waals surface area (Å²) < 4.78 is 54.1. The van der Waals surface area contributed by atoms with Crippen LogP contribution in [0.2, 0.25) is 5.02 Å². The molecular weight excluding hydrogens is 474 g/mol. The number of benzene rings is 2. The number of anilines is 1. The second kappa shape index (κ2) is 8.87. The summed E-state index contributed by atoms with van der Waals surface area (Å²) in [5, 5.41) is 12.5. The third-order valence-corrected chi connectivity index (χ3v) is 7.34. The van der Waals surface area contributed by atoms with E-state index in [0.29, 0.717) is 5.02 Å². The third-order valence-electron chi connectivity index (χ3n) is 5.09. The van der Waals surface area contributed by atoms with Gasteiger partial charge in [0.2, 0.25) is 0 Å². The Bertz CT molecular complexity index is 1350. The molecule has 11 heteroatoms. The van der Waals surface area contributed by atoms with Gasteiger partial charge in [-0.15, -0.1) is 0 Å². The van der Waals surface area contributed by atoms with E-state index in [-0.39, 0.29) is 22.5 Å². The first-order chi connectivity index (χ1) is 15.6. The summed E-state index contributed by atoms with van der Waals surface area (Å²) in [6.45, 7) is 0. The van der Waals surface area contributed by atoms with E-state index in [1.807, 2.05) is 0 Å². The van der Waals surface area contributed by atoms with Crippen molar-refractivity contribution in [1.29, 1.82) is 5.41 Å². The van der Waals surface area contributed by atoms with Gasteiger partial charge in [-0.3, -0.25) is 10.2 Å². The highest BCUT2D eigenvalue weighted by atomic mass is 35.5. The minimum absolute atomic E-state index is 0.0390. The fourth-order valence-corrected chi connectivity index (χ4v) is 5.64. The lowest BCUT2D eigenvalue weighted by Gasteiger charge is -2.32. The van der Waals surface area contributed by atoms with E-state index in [9.17, 15) is 22.0 Å². The molecule has 1 amide bonds. The zero-order valence-corrected chi connectivity index (χ0v) is 18.4. The summed E-state index contributed by atoms with van der Waals surface area (Å²) in [7, 11) is -3.97. The number of nitrogens with zero attached hydrogens (tertiary/aromatic N) is 1. The lowest BCUT2D eigenvalue weighted by atomic mass is 10.0. The molecule has 1 aliphatic heterocycles. The smallest absolute Gasteiger partial charge is 0.274 e. The van der Waals surface area contributed by atoms with Crippen molar-refractivity contribution in [3.05, 3.63) is 94.3 Å². The Morgan fingerprint density at radius 2 is 1.94 bits per heavy atom. The molecule has 1 aliphatic rings. The van der Waals surface area contributed by atoms with Crippen molar-refractivity contribution in [2.75, 3.05) is 11.1 Å². The average molecular weight is 491 g/mol. The van der Waals surface area contributed by atoms with E-state index < -0.39 is 50.3 Å². The molecule has 7 nitrogen and oxygen atoms in total. The van der Waals surface area contributed by atoms with E-state index in [2.05, 4.69) is 15.6 Å². The molecule has 0 saturated carbocycles. The Kier molecular flexibility index (Phi) is 6.13. The molecule has 3 N–H and O–H groups in total. The lowest BCUT2D eigenvalue weighted by molar-refractivity contribution is 0.102. The summed E-state index contributed by atoms with van der Waals surface area (Å²) in [6.07, 6.45) is 1.31. The lowest BCUT2D eigenvalue weighted by Crippen LogP contribution is -2.45. The van der Waals surface area contributed by atoms with Crippen molar-refractivity contribution in [2.45, 2.75) is 11.3 Å². The molecule has 0 radical (unpaired) electrons. The number of hydrogen-bond donors (Lipinski definition) is 3. The fourth-order valence-electron chi connectivity index (χ4n) is 3.62. The van der Waals surface area contributed by atoms with E-state index in [4.69, 9.17) is 17.0 Å². The van der Waals surface area contributed by atoms with Crippen molar-refractivity contribution < 1.29 is 22.0 Å². The molecule has 2 aromatic carbocycles. The number of halogens is 3. The first-order valence-electron chi connectivity index (χ1n) is 9.68. The van der Waals surface area contributed by atoms with Crippen molar-refractivity contribution in [1.82, 2.24) is 10.3 Å². The summed E-state index contributed by atoms with van der Waals surface area (Å²) in [6, 6.07) is 10.6. The minimum atomic E-state index is -3.97. The Morgan fingerprint density at radius 1 is 1.15 bits per heavy atom. The van der Waals surface area contributed by atoms with Gasteiger partial charge in [0.25, 0.3) is 5.91 Å². The normalized spacial score (nSPS) is 19.5. The summed E-state index contributed by atoms with van der Waals surface area (Å²) in [4.78, 5) is 16.3. The number of nitrogens with one attached hydrogen (secondary N) is 3. The van der Waals surface area contributed by atoms with Crippen LogP contribution in [0.25, 0.3) is 0 Å². The van der Waals surface area contributed by atoms with E-state index in [0.717, 1.165) is 12.1 Å². The number of sulfone groups is 1. The van der Waals surface area contributed by atoms with Crippen LogP contribution < -0.4 is 10.6 Å². The number of carbonyl (C=O) groups excluding carboxylic acids is 1. The van der Waals surface area contributed by atoms with Crippen LogP contribution in [0.3, 0.4) is 0 Å². The number of hydrogen-bond acceptors (Lipinski definition) is 5. The fraction of sp³-hybridized carbons (Fsp3) is 0.136. The molecule has 2 atom stereocenters. The second-order valence-electron chi connectivity index (χ2n) is 7.43. The van der Waals surface area contributed by atoms with Gasteiger partial charge >= 0.3 is 0 Å². The maximum absolute atomic E-state index is 14.6. The zero-order chi connectivity index (χ0) is 23.8. The number of pyridine rings is 1. The molecule has 33 heavy (non-hydrogen) atoms. The molecule has 1 fully saturated rings. The van der Waals surface area contributed by atoms with Crippen LogP contribution in [0.4, 0.5) is 14.5 Å². The molecule has 4 rings (SSSR count). The average Bonchev–Trinajstić information content (AvgIpc) is 2.74. The molecule has 170 valence electrons. The van der Waals surface area contributed by atoms with Crippen molar-refractivity contribution in [3.63, 3.8) is 0 Å². The Hall–Kier alpha value is -3.37.